The summed E-state index contributed by atoms with van der Waals surface area (Å²) in [4.78, 5) is 12.9. The summed E-state index contributed by atoms with van der Waals surface area (Å²) in [5.41, 5.74) is 3.49. The molecular formula is C26H32NO3+. The van der Waals surface area contributed by atoms with E-state index in [0.717, 1.165) is 38.6 Å². The third kappa shape index (κ3) is 3.12. The van der Waals surface area contributed by atoms with E-state index in [1.54, 1.807) is 0 Å². The SMILES string of the molecule is CC[n+]1cccc(C(=O)O[C@@H]2CC[C@H]3[C@@H]4CCc5cc(O)ccc5[C@H]4CC[C@]23C)c1. The summed E-state index contributed by atoms with van der Waals surface area (Å²) in [5.74, 6) is 2.04. The van der Waals surface area contributed by atoms with E-state index in [-0.39, 0.29) is 17.5 Å². The summed E-state index contributed by atoms with van der Waals surface area (Å²) in [6.07, 6.45) is 10.5. The molecule has 0 bridgehead atoms. The van der Waals surface area contributed by atoms with Gasteiger partial charge in [0.2, 0.25) is 0 Å². The van der Waals surface area contributed by atoms with Crippen LogP contribution >= 0.6 is 0 Å². The molecule has 0 radical (unpaired) electrons. The quantitative estimate of drug-likeness (QED) is 0.589. The molecule has 2 saturated carbocycles. The van der Waals surface area contributed by atoms with Crippen LogP contribution in [-0.4, -0.2) is 17.2 Å². The second-order valence-electron chi connectivity index (χ2n) is 9.74. The molecule has 1 aromatic carbocycles. The number of aryl methyl sites for hydroxylation is 2. The van der Waals surface area contributed by atoms with Crippen LogP contribution in [0.5, 0.6) is 5.75 Å². The first-order valence-corrected chi connectivity index (χ1v) is 11.5. The van der Waals surface area contributed by atoms with Gasteiger partial charge >= 0.3 is 5.97 Å². The number of hydrogen-bond acceptors (Lipinski definition) is 3. The van der Waals surface area contributed by atoms with Crippen LogP contribution in [0, 0.1) is 17.3 Å². The Labute approximate surface area is 178 Å². The first-order chi connectivity index (χ1) is 14.5. The first-order valence-electron chi connectivity index (χ1n) is 11.5. The van der Waals surface area contributed by atoms with Crippen molar-refractivity contribution < 1.29 is 19.2 Å². The molecule has 2 aromatic rings. The van der Waals surface area contributed by atoms with E-state index in [4.69, 9.17) is 4.74 Å². The summed E-state index contributed by atoms with van der Waals surface area (Å²) < 4.78 is 8.16. The maximum Gasteiger partial charge on any atom is 0.344 e. The zero-order valence-corrected chi connectivity index (χ0v) is 18.0. The van der Waals surface area contributed by atoms with E-state index in [0.29, 0.717) is 29.1 Å². The number of pyridine rings is 1. The molecule has 0 aliphatic heterocycles. The maximum atomic E-state index is 12.9. The van der Waals surface area contributed by atoms with Crippen molar-refractivity contribution in [1.82, 2.24) is 0 Å². The molecule has 158 valence electrons. The van der Waals surface area contributed by atoms with Crippen molar-refractivity contribution in [1.29, 1.82) is 0 Å². The molecule has 4 nitrogen and oxygen atoms in total. The number of aromatic nitrogens is 1. The number of fused-ring (bicyclic) bond motifs is 5. The normalized spacial score (nSPS) is 32.1. The smallest absolute Gasteiger partial charge is 0.344 e. The molecule has 0 saturated heterocycles. The summed E-state index contributed by atoms with van der Waals surface area (Å²) in [6, 6.07) is 9.72. The van der Waals surface area contributed by atoms with Crippen LogP contribution in [-0.2, 0) is 17.7 Å². The number of phenols is 1. The Morgan fingerprint density at radius 1 is 1.23 bits per heavy atom. The van der Waals surface area contributed by atoms with Gasteiger partial charge < -0.3 is 9.84 Å². The molecule has 2 fully saturated rings. The van der Waals surface area contributed by atoms with Gasteiger partial charge in [0, 0.05) is 11.5 Å². The van der Waals surface area contributed by atoms with Crippen molar-refractivity contribution >= 4 is 5.97 Å². The second kappa shape index (κ2) is 7.40. The van der Waals surface area contributed by atoms with Gasteiger partial charge in [-0.2, -0.15) is 0 Å². The summed E-state index contributed by atoms with van der Waals surface area (Å²) in [6.45, 7) is 5.27. The predicted molar refractivity (Wildman–Crippen MR) is 114 cm³/mol. The molecule has 3 aliphatic carbocycles. The van der Waals surface area contributed by atoms with Gasteiger partial charge in [0.15, 0.2) is 12.4 Å². The van der Waals surface area contributed by atoms with Crippen molar-refractivity contribution in [3.63, 3.8) is 0 Å². The number of nitrogens with zero attached hydrogens (tertiary/aromatic N) is 1. The lowest BCUT2D eigenvalue weighted by Gasteiger charge is -2.50. The van der Waals surface area contributed by atoms with E-state index in [1.807, 2.05) is 41.2 Å². The molecular weight excluding hydrogens is 374 g/mol. The van der Waals surface area contributed by atoms with Crippen LogP contribution in [0.1, 0.15) is 73.4 Å². The molecule has 1 N–H and O–H groups in total. The lowest BCUT2D eigenvalue weighted by molar-refractivity contribution is -0.693. The number of carbonyl (C=O) groups is 1. The van der Waals surface area contributed by atoms with Gasteiger partial charge in [0.25, 0.3) is 0 Å². The molecule has 4 heteroatoms. The highest BCUT2D eigenvalue weighted by Crippen LogP contribution is 2.61. The van der Waals surface area contributed by atoms with Crippen LogP contribution in [0.4, 0.5) is 0 Å². The fourth-order valence-electron chi connectivity index (χ4n) is 6.75. The molecule has 1 aromatic heterocycles. The Morgan fingerprint density at radius 2 is 2.10 bits per heavy atom. The number of ether oxygens (including phenoxy) is 1. The average molecular weight is 407 g/mol. The minimum atomic E-state index is -0.184. The van der Waals surface area contributed by atoms with Crippen molar-refractivity contribution in [3.05, 3.63) is 59.4 Å². The summed E-state index contributed by atoms with van der Waals surface area (Å²) >= 11 is 0. The molecule has 0 amide bonds. The minimum Gasteiger partial charge on any atom is -0.508 e. The Kier molecular flexibility index (Phi) is 4.83. The third-order valence-corrected chi connectivity index (χ3v) is 8.33. The van der Waals surface area contributed by atoms with Crippen LogP contribution < -0.4 is 4.57 Å². The van der Waals surface area contributed by atoms with Crippen LogP contribution in [0.3, 0.4) is 0 Å². The average Bonchev–Trinajstić information content (AvgIpc) is 3.09. The van der Waals surface area contributed by atoms with Gasteiger partial charge in [-0.25, -0.2) is 9.36 Å². The van der Waals surface area contributed by atoms with Gasteiger partial charge in [-0.3, -0.25) is 0 Å². The van der Waals surface area contributed by atoms with Crippen LogP contribution in [0.15, 0.2) is 42.7 Å². The number of benzene rings is 1. The minimum absolute atomic E-state index is 0.00690. The molecule has 1 heterocycles. The lowest BCUT2D eigenvalue weighted by Crippen LogP contribution is -2.45. The topological polar surface area (TPSA) is 50.4 Å². The van der Waals surface area contributed by atoms with E-state index in [1.165, 1.54) is 17.5 Å². The third-order valence-electron chi connectivity index (χ3n) is 8.33. The van der Waals surface area contributed by atoms with Crippen molar-refractivity contribution in [2.24, 2.45) is 17.3 Å². The number of aromatic hydroxyl groups is 1. The standard InChI is InChI=1S/C26H31NO3/c1-3-27-14-4-5-18(16-27)25(29)30-24-11-10-23-22-8-6-17-15-19(28)7-9-20(17)21(22)12-13-26(23,24)2/h4-5,7,9,14-16,21-24H,3,6,8,10-13H2,1-2H3/p+1/t21-,22-,23+,24-,26+/m1/s1. The van der Waals surface area contributed by atoms with Crippen LogP contribution in [0.2, 0.25) is 0 Å². The van der Waals surface area contributed by atoms with E-state index >= 15 is 0 Å². The van der Waals surface area contributed by atoms with Crippen molar-refractivity contribution in [2.75, 3.05) is 0 Å². The van der Waals surface area contributed by atoms with Gasteiger partial charge in [-0.15, -0.1) is 0 Å². The van der Waals surface area contributed by atoms with E-state index in [9.17, 15) is 9.90 Å². The van der Waals surface area contributed by atoms with Gasteiger partial charge in [-0.1, -0.05) is 13.0 Å². The monoisotopic (exact) mass is 406 g/mol. The first kappa shape index (κ1) is 19.6. The Hall–Kier alpha value is -2.36. The zero-order chi connectivity index (χ0) is 20.9. The number of esters is 1. The zero-order valence-electron chi connectivity index (χ0n) is 18.0. The number of phenolic OH excluding ortho intramolecular Hbond substituents is 1. The van der Waals surface area contributed by atoms with E-state index < -0.39 is 0 Å². The Bertz CT molecular complexity index is 971. The number of rotatable bonds is 3. The second-order valence-corrected chi connectivity index (χ2v) is 9.74. The highest BCUT2D eigenvalue weighted by atomic mass is 16.5. The van der Waals surface area contributed by atoms with Gasteiger partial charge in [0.1, 0.15) is 24.0 Å². The predicted octanol–water partition coefficient (Wildman–Crippen LogP) is 4.78. The van der Waals surface area contributed by atoms with Crippen molar-refractivity contribution in [3.8, 4) is 5.75 Å². The summed E-state index contributed by atoms with van der Waals surface area (Å²) in [5, 5.41) is 9.87. The molecule has 30 heavy (non-hydrogen) atoms. The molecule has 5 rings (SSSR count). The largest absolute Gasteiger partial charge is 0.508 e. The molecule has 3 aliphatic rings. The van der Waals surface area contributed by atoms with Gasteiger partial charge in [-0.05, 0) is 92.5 Å². The molecule has 5 atom stereocenters. The highest BCUT2D eigenvalue weighted by Gasteiger charge is 2.56. The summed E-state index contributed by atoms with van der Waals surface area (Å²) in [7, 11) is 0. The maximum absolute atomic E-state index is 12.9. The van der Waals surface area contributed by atoms with Gasteiger partial charge in [0.05, 0.1) is 0 Å². The number of hydrogen-bond donors (Lipinski definition) is 1. The highest BCUT2D eigenvalue weighted by molar-refractivity contribution is 5.88. The molecule has 0 spiro atoms. The van der Waals surface area contributed by atoms with Crippen LogP contribution in [0.25, 0.3) is 0 Å². The fourth-order valence-corrected chi connectivity index (χ4v) is 6.75. The van der Waals surface area contributed by atoms with Crippen molar-refractivity contribution in [2.45, 2.75) is 70.9 Å². The van der Waals surface area contributed by atoms with E-state index in [2.05, 4.69) is 19.9 Å². The Morgan fingerprint density at radius 3 is 2.93 bits per heavy atom. The Balaban J connectivity index is 1.35. The molecule has 0 unspecified atom stereocenters. The lowest BCUT2D eigenvalue weighted by atomic mass is 9.55. The fraction of sp³-hybridized carbons (Fsp3) is 0.538. The number of carbonyl (C=O) groups excluding carboxylic acids is 1.